The van der Waals surface area contributed by atoms with Crippen LogP contribution < -0.4 is 10.6 Å². The highest BCUT2D eigenvalue weighted by molar-refractivity contribution is 5.87. The number of nitrogens with one attached hydrogen (secondary N) is 2. The van der Waals surface area contributed by atoms with Crippen molar-refractivity contribution in [1.82, 2.24) is 10.3 Å². The molecule has 2 rings (SSSR count). The third-order valence-corrected chi connectivity index (χ3v) is 2.97. The zero-order chi connectivity index (χ0) is 13.1. The molecule has 6 nitrogen and oxygen atoms in total. The number of aryl methyl sites for hydroxylation is 2. The molecule has 0 aliphatic heterocycles. The summed E-state index contributed by atoms with van der Waals surface area (Å²) in [5.74, 6) is 0.813. The molecule has 0 aromatic carbocycles. The van der Waals surface area contributed by atoms with Gasteiger partial charge in [0.25, 0.3) is 0 Å². The fraction of sp³-hybridized carbons (Fsp3) is 0.500. The normalized spacial score (nSPS) is 22.2. The van der Waals surface area contributed by atoms with Crippen LogP contribution in [0.4, 0.5) is 10.8 Å². The Morgan fingerprint density at radius 1 is 1.56 bits per heavy atom. The Morgan fingerprint density at radius 2 is 2.33 bits per heavy atom. The molecular formula is C12H17N3O3. The molecule has 2 amide bonds. The number of aliphatic hydroxyl groups excluding tert-OH is 1. The molecule has 1 aliphatic rings. The summed E-state index contributed by atoms with van der Waals surface area (Å²) in [6, 6.07) is -0.216. The van der Waals surface area contributed by atoms with Gasteiger partial charge >= 0.3 is 12.0 Å². The Labute approximate surface area is 105 Å². The first-order chi connectivity index (χ1) is 8.58. The van der Waals surface area contributed by atoms with Crippen LogP contribution in [0.25, 0.3) is 0 Å². The van der Waals surface area contributed by atoms with Gasteiger partial charge in [0, 0.05) is 18.6 Å². The molecule has 3 N–H and O–H groups in total. The molecule has 1 heterocycles. The molecule has 0 unspecified atom stereocenters. The zero-order valence-electron chi connectivity index (χ0n) is 10.4. The predicted octanol–water partition coefficient (Wildman–Crippen LogP) is 1.35. The minimum atomic E-state index is -0.357. The van der Waals surface area contributed by atoms with Crippen molar-refractivity contribution < 1.29 is 14.3 Å². The van der Waals surface area contributed by atoms with E-state index in [9.17, 15) is 4.79 Å². The average Bonchev–Trinajstić information content (AvgIpc) is 2.87. The van der Waals surface area contributed by atoms with E-state index < -0.39 is 0 Å². The number of oxazole rings is 1. The van der Waals surface area contributed by atoms with Crippen molar-refractivity contribution in [2.24, 2.45) is 5.92 Å². The van der Waals surface area contributed by atoms with Crippen molar-refractivity contribution in [2.75, 3.05) is 11.9 Å². The molecule has 1 aromatic heterocycles. The second kappa shape index (κ2) is 5.22. The van der Waals surface area contributed by atoms with E-state index in [4.69, 9.17) is 9.52 Å². The second-order valence-corrected chi connectivity index (χ2v) is 4.43. The number of nitrogens with zero attached hydrogens (tertiary/aromatic N) is 1. The van der Waals surface area contributed by atoms with Gasteiger partial charge < -0.3 is 14.8 Å². The smallest absolute Gasteiger partial charge is 0.323 e. The maximum Gasteiger partial charge on any atom is 0.323 e. The molecule has 0 bridgehead atoms. The van der Waals surface area contributed by atoms with Crippen LogP contribution in [0.5, 0.6) is 0 Å². The summed E-state index contributed by atoms with van der Waals surface area (Å²) < 4.78 is 5.25. The maximum atomic E-state index is 11.7. The van der Waals surface area contributed by atoms with Crippen LogP contribution in [0.15, 0.2) is 16.6 Å². The number of carbonyl (C=O) groups excluding carboxylic acids is 1. The Kier molecular flexibility index (Phi) is 3.66. The summed E-state index contributed by atoms with van der Waals surface area (Å²) in [5.41, 5.74) is 0.756. The fourth-order valence-corrected chi connectivity index (χ4v) is 1.84. The van der Waals surface area contributed by atoms with Crippen molar-refractivity contribution in [3.8, 4) is 0 Å². The molecule has 18 heavy (non-hydrogen) atoms. The number of carbonyl (C=O) groups is 1. The van der Waals surface area contributed by atoms with Gasteiger partial charge in [-0.15, -0.1) is 0 Å². The van der Waals surface area contributed by atoms with Gasteiger partial charge in [0.15, 0.2) is 0 Å². The van der Waals surface area contributed by atoms with Crippen molar-refractivity contribution >= 4 is 12.0 Å². The van der Waals surface area contributed by atoms with Crippen LogP contribution in [0.2, 0.25) is 0 Å². The van der Waals surface area contributed by atoms with Crippen LogP contribution in [0.1, 0.15) is 17.9 Å². The van der Waals surface area contributed by atoms with Gasteiger partial charge in [-0.2, -0.15) is 4.98 Å². The Balaban J connectivity index is 1.84. The number of hydrogen-bond donors (Lipinski definition) is 3. The number of amides is 2. The number of rotatable bonds is 3. The highest BCUT2D eigenvalue weighted by Crippen LogP contribution is 2.17. The molecule has 1 aromatic rings. The van der Waals surface area contributed by atoms with Crippen LogP contribution >= 0.6 is 0 Å². The quantitative estimate of drug-likeness (QED) is 0.708. The monoisotopic (exact) mass is 251 g/mol. The fourth-order valence-electron chi connectivity index (χ4n) is 1.84. The first-order valence-corrected chi connectivity index (χ1v) is 5.89. The SMILES string of the molecule is Cc1nc(NC(=O)N[C@@H]2C=C[C@H](CO)C2)oc1C. The number of aromatic nitrogens is 1. The van der Waals surface area contributed by atoms with Gasteiger partial charge in [0.1, 0.15) is 5.76 Å². The summed E-state index contributed by atoms with van der Waals surface area (Å²) in [4.78, 5) is 15.7. The largest absolute Gasteiger partial charge is 0.428 e. The zero-order valence-corrected chi connectivity index (χ0v) is 10.4. The van der Waals surface area contributed by atoms with Crippen molar-refractivity contribution in [3.05, 3.63) is 23.6 Å². The van der Waals surface area contributed by atoms with Crippen molar-refractivity contribution in [2.45, 2.75) is 26.3 Å². The Bertz CT molecular complexity index is 448. The summed E-state index contributed by atoms with van der Waals surface area (Å²) in [6.07, 6.45) is 4.50. The minimum Gasteiger partial charge on any atom is -0.428 e. The standard InChI is InChI=1S/C12H17N3O3/c1-7-8(2)18-12(13-7)15-11(17)14-10-4-3-9(5-10)6-16/h3-4,9-10,16H,5-6H2,1-2H3,(H2,13,14,15,17)/t9-,10+/m0/s1. The number of urea groups is 1. The molecule has 0 radical (unpaired) electrons. The van der Waals surface area contributed by atoms with E-state index in [1.807, 2.05) is 19.1 Å². The first kappa shape index (κ1) is 12.6. The van der Waals surface area contributed by atoms with Gasteiger partial charge in [0.05, 0.1) is 5.69 Å². The lowest BCUT2D eigenvalue weighted by atomic mass is 10.1. The summed E-state index contributed by atoms with van der Waals surface area (Å²) in [5, 5.41) is 14.3. The lowest BCUT2D eigenvalue weighted by molar-refractivity contribution is 0.238. The van der Waals surface area contributed by atoms with Crippen molar-refractivity contribution in [3.63, 3.8) is 0 Å². The summed E-state index contributed by atoms with van der Waals surface area (Å²) in [7, 11) is 0. The highest BCUT2D eigenvalue weighted by atomic mass is 16.4. The first-order valence-electron chi connectivity index (χ1n) is 5.89. The van der Waals surface area contributed by atoms with Crippen LogP contribution in [0.3, 0.4) is 0 Å². The summed E-state index contributed by atoms with van der Waals surface area (Å²) in [6.45, 7) is 3.71. The number of anilines is 1. The maximum absolute atomic E-state index is 11.7. The van der Waals surface area contributed by atoms with Gasteiger partial charge in [-0.3, -0.25) is 5.32 Å². The van der Waals surface area contributed by atoms with Crippen LogP contribution in [-0.2, 0) is 0 Å². The Morgan fingerprint density at radius 3 is 2.89 bits per heavy atom. The van der Waals surface area contributed by atoms with Crippen molar-refractivity contribution in [1.29, 1.82) is 0 Å². The molecule has 6 heteroatoms. The number of hydrogen-bond acceptors (Lipinski definition) is 4. The van der Waals surface area contributed by atoms with Crippen LogP contribution in [0, 0.1) is 19.8 Å². The van der Waals surface area contributed by atoms with E-state index in [2.05, 4.69) is 15.6 Å². The van der Waals surface area contributed by atoms with E-state index in [0.717, 1.165) is 5.69 Å². The van der Waals surface area contributed by atoms with E-state index in [-0.39, 0.29) is 30.6 Å². The molecule has 1 aliphatic carbocycles. The van der Waals surface area contributed by atoms with Gasteiger partial charge in [-0.25, -0.2) is 4.79 Å². The molecular weight excluding hydrogens is 234 g/mol. The molecule has 0 saturated heterocycles. The Hall–Kier alpha value is -1.82. The third kappa shape index (κ3) is 2.89. The molecule has 98 valence electrons. The lowest BCUT2D eigenvalue weighted by Crippen LogP contribution is -2.36. The van der Waals surface area contributed by atoms with E-state index in [1.54, 1.807) is 6.92 Å². The van der Waals surface area contributed by atoms with E-state index in [0.29, 0.717) is 12.2 Å². The highest BCUT2D eigenvalue weighted by Gasteiger charge is 2.20. The van der Waals surface area contributed by atoms with E-state index in [1.165, 1.54) is 0 Å². The van der Waals surface area contributed by atoms with E-state index >= 15 is 0 Å². The van der Waals surface area contributed by atoms with Crippen LogP contribution in [-0.4, -0.2) is 28.8 Å². The predicted molar refractivity (Wildman–Crippen MR) is 66.3 cm³/mol. The van der Waals surface area contributed by atoms with Gasteiger partial charge in [-0.05, 0) is 20.3 Å². The lowest BCUT2D eigenvalue weighted by Gasteiger charge is -2.12. The topological polar surface area (TPSA) is 87.4 Å². The molecule has 2 atom stereocenters. The average molecular weight is 251 g/mol. The second-order valence-electron chi connectivity index (χ2n) is 4.43. The van der Waals surface area contributed by atoms with Gasteiger partial charge in [-0.1, -0.05) is 12.2 Å². The van der Waals surface area contributed by atoms with Gasteiger partial charge in [0.2, 0.25) is 0 Å². The molecule has 0 fully saturated rings. The minimum absolute atomic E-state index is 0.0562. The number of aliphatic hydroxyl groups is 1. The third-order valence-electron chi connectivity index (χ3n) is 2.97. The molecule has 0 spiro atoms. The summed E-state index contributed by atoms with van der Waals surface area (Å²) >= 11 is 0. The molecule has 0 saturated carbocycles.